The van der Waals surface area contributed by atoms with E-state index in [2.05, 4.69) is 42.4 Å². The Morgan fingerprint density at radius 1 is 1.00 bits per heavy atom. The van der Waals surface area contributed by atoms with Crippen LogP contribution in [0.5, 0.6) is 0 Å². The molecule has 2 aliphatic rings. The van der Waals surface area contributed by atoms with E-state index in [1.807, 2.05) is 0 Å². The molecule has 94 valence electrons. The second kappa shape index (κ2) is 5.03. The minimum absolute atomic E-state index is 0.715. The van der Waals surface area contributed by atoms with E-state index in [1.165, 1.54) is 39.4 Å². The molecule has 0 aliphatic carbocycles. The molecule has 0 saturated carbocycles. The van der Waals surface area contributed by atoms with Crippen molar-refractivity contribution in [3.8, 4) is 0 Å². The largest absolute Gasteiger partial charge is 0.301 e. The predicted molar refractivity (Wildman–Crippen MR) is 68.2 cm³/mol. The lowest BCUT2D eigenvalue weighted by atomic mass is 10.1. The summed E-state index contributed by atoms with van der Waals surface area (Å²) in [6, 6.07) is 1.44. The van der Waals surface area contributed by atoms with Gasteiger partial charge in [0.1, 0.15) is 0 Å². The van der Waals surface area contributed by atoms with Crippen LogP contribution in [-0.2, 0) is 0 Å². The van der Waals surface area contributed by atoms with Gasteiger partial charge in [0.25, 0.3) is 0 Å². The first kappa shape index (κ1) is 12.3. The third kappa shape index (κ3) is 2.76. The maximum Gasteiger partial charge on any atom is 0.0532 e. The summed E-state index contributed by atoms with van der Waals surface area (Å²) in [6.07, 6.45) is 1.40. The fraction of sp³-hybridized carbons (Fsp3) is 1.00. The van der Waals surface area contributed by atoms with Crippen LogP contribution in [-0.4, -0.2) is 59.8 Å². The molecule has 0 spiro atoms. The molecule has 3 nitrogen and oxygen atoms in total. The van der Waals surface area contributed by atoms with E-state index in [4.69, 9.17) is 0 Å². The molecule has 1 unspecified atom stereocenters. The van der Waals surface area contributed by atoms with Crippen molar-refractivity contribution in [1.82, 2.24) is 14.7 Å². The molecule has 0 radical (unpaired) electrons. The van der Waals surface area contributed by atoms with Crippen LogP contribution in [0, 0.1) is 5.92 Å². The summed E-state index contributed by atoms with van der Waals surface area (Å²) in [7, 11) is 0. The van der Waals surface area contributed by atoms with Gasteiger partial charge in [0.15, 0.2) is 0 Å². The molecule has 0 bridgehead atoms. The van der Waals surface area contributed by atoms with Crippen LogP contribution >= 0.6 is 0 Å². The molecule has 0 N–H and O–H groups in total. The second-order valence-corrected chi connectivity index (χ2v) is 6.06. The highest BCUT2D eigenvalue weighted by atomic mass is 15.5. The first-order valence-electron chi connectivity index (χ1n) is 6.76. The van der Waals surface area contributed by atoms with Crippen molar-refractivity contribution in [1.29, 1.82) is 0 Å². The van der Waals surface area contributed by atoms with Gasteiger partial charge >= 0.3 is 0 Å². The van der Waals surface area contributed by atoms with Crippen molar-refractivity contribution < 1.29 is 0 Å². The van der Waals surface area contributed by atoms with Crippen LogP contribution in [0.1, 0.15) is 34.1 Å². The van der Waals surface area contributed by atoms with Gasteiger partial charge in [-0.1, -0.05) is 0 Å². The van der Waals surface area contributed by atoms with Gasteiger partial charge in [0.2, 0.25) is 0 Å². The Bertz CT molecular complexity index is 221. The van der Waals surface area contributed by atoms with Crippen LogP contribution in [0.25, 0.3) is 0 Å². The number of likely N-dealkylation sites (tertiary alicyclic amines) is 1. The zero-order valence-electron chi connectivity index (χ0n) is 11.3. The molecule has 2 rings (SSSR count). The molecule has 0 amide bonds. The molecule has 2 aliphatic heterocycles. The third-order valence-corrected chi connectivity index (χ3v) is 4.06. The van der Waals surface area contributed by atoms with Gasteiger partial charge < -0.3 is 4.90 Å². The van der Waals surface area contributed by atoms with Crippen molar-refractivity contribution in [2.24, 2.45) is 5.92 Å². The van der Waals surface area contributed by atoms with Gasteiger partial charge in [-0.15, -0.1) is 0 Å². The molecule has 3 heteroatoms. The molecule has 2 heterocycles. The van der Waals surface area contributed by atoms with E-state index in [0.717, 1.165) is 12.0 Å². The topological polar surface area (TPSA) is 9.72 Å². The molecular formula is C13H27N3. The smallest absolute Gasteiger partial charge is 0.0532 e. The van der Waals surface area contributed by atoms with Crippen LogP contribution in [0.3, 0.4) is 0 Å². The minimum atomic E-state index is 0.715. The summed E-state index contributed by atoms with van der Waals surface area (Å²) < 4.78 is 0. The average molecular weight is 225 g/mol. The monoisotopic (exact) mass is 225 g/mol. The van der Waals surface area contributed by atoms with Gasteiger partial charge in [-0.25, -0.2) is 0 Å². The maximum absolute atomic E-state index is 2.62. The van der Waals surface area contributed by atoms with Gasteiger partial charge in [0.05, 0.1) is 13.3 Å². The Morgan fingerprint density at radius 2 is 1.62 bits per heavy atom. The first-order valence-corrected chi connectivity index (χ1v) is 6.76. The highest BCUT2D eigenvalue weighted by Gasteiger charge is 2.31. The summed E-state index contributed by atoms with van der Waals surface area (Å²) in [6.45, 7) is 15.5. The molecule has 16 heavy (non-hydrogen) atoms. The van der Waals surface area contributed by atoms with Crippen LogP contribution in [0.2, 0.25) is 0 Å². The lowest BCUT2D eigenvalue weighted by Gasteiger charge is -2.46. The van der Waals surface area contributed by atoms with E-state index in [-0.39, 0.29) is 0 Å². The molecule has 0 aromatic carbocycles. The third-order valence-electron chi connectivity index (χ3n) is 4.06. The molecule has 0 aromatic heterocycles. The average Bonchev–Trinajstić information content (AvgIpc) is 2.58. The van der Waals surface area contributed by atoms with Crippen molar-refractivity contribution in [2.75, 3.05) is 33.0 Å². The van der Waals surface area contributed by atoms with E-state index in [1.54, 1.807) is 0 Å². The van der Waals surface area contributed by atoms with Gasteiger partial charge in [-0.05, 0) is 46.6 Å². The number of rotatable bonds is 4. The molecule has 2 fully saturated rings. The predicted octanol–water partition coefficient (Wildman–Crippen LogP) is 1.66. The van der Waals surface area contributed by atoms with E-state index in [9.17, 15) is 0 Å². The Kier molecular flexibility index (Phi) is 3.88. The fourth-order valence-corrected chi connectivity index (χ4v) is 2.76. The maximum atomic E-state index is 2.62. The Morgan fingerprint density at radius 3 is 2.12 bits per heavy atom. The summed E-state index contributed by atoms with van der Waals surface area (Å²) in [4.78, 5) is 7.73. The summed E-state index contributed by atoms with van der Waals surface area (Å²) >= 11 is 0. The van der Waals surface area contributed by atoms with Crippen LogP contribution in [0.15, 0.2) is 0 Å². The summed E-state index contributed by atoms with van der Waals surface area (Å²) in [5.74, 6) is 0.914. The summed E-state index contributed by atoms with van der Waals surface area (Å²) in [5, 5.41) is 0. The zero-order chi connectivity index (χ0) is 11.7. The molecule has 2 saturated heterocycles. The molecular weight excluding hydrogens is 198 g/mol. The Balaban J connectivity index is 1.66. The van der Waals surface area contributed by atoms with Crippen LogP contribution < -0.4 is 0 Å². The standard InChI is InChI=1S/C13H27N3/c1-11(2)15-6-5-13(8-15)7-14-9-16(10-14)12(3)4/h11-13H,5-10H2,1-4H3. The van der Waals surface area contributed by atoms with Crippen molar-refractivity contribution in [3.05, 3.63) is 0 Å². The Labute approximate surface area is 100 Å². The van der Waals surface area contributed by atoms with Crippen LogP contribution in [0.4, 0.5) is 0 Å². The second-order valence-electron chi connectivity index (χ2n) is 6.06. The van der Waals surface area contributed by atoms with Gasteiger partial charge in [-0.2, -0.15) is 0 Å². The molecule has 0 aromatic rings. The summed E-state index contributed by atoms with van der Waals surface area (Å²) in [5.41, 5.74) is 0. The highest BCUT2D eigenvalue weighted by Crippen LogP contribution is 2.22. The van der Waals surface area contributed by atoms with E-state index >= 15 is 0 Å². The fourth-order valence-electron chi connectivity index (χ4n) is 2.76. The van der Waals surface area contributed by atoms with E-state index < -0.39 is 0 Å². The number of hydrogen-bond acceptors (Lipinski definition) is 3. The number of nitrogens with zero attached hydrogens (tertiary/aromatic N) is 3. The SMILES string of the molecule is CC(C)N1CCC(CN2CN(C(C)C)C2)C1. The zero-order valence-corrected chi connectivity index (χ0v) is 11.3. The van der Waals surface area contributed by atoms with Gasteiger partial charge in [-0.3, -0.25) is 9.80 Å². The molecule has 1 atom stereocenters. The highest BCUT2D eigenvalue weighted by molar-refractivity contribution is 4.82. The van der Waals surface area contributed by atoms with Crippen molar-refractivity contribution in [3.63, 3.8) is 0 Å². The van der Waals surface area contributed by atoms with Crippen molar-refractivity contribution >= 4 is 0 Å². The van der Waals surface area contributed by atoms with Gasteiger partial charge in [0, 0.05) is 25.2 Å². The minimum Gasteiger partial charge on any atom is -0.301 e. The number of hydrogen-bond donors (Lipinski definition) is 0. The Hall–Kier alpha value is -0.120. The lowest BCUT2D eigenvalue weighted by molar-refractivity contribution is -0.0584. The van der Waals surface area contributed by atoms with Crippen molar-refractivity contribution in [2.45, 2.75) is 46.2 Å². The van der Waals surface area contributed by atoms with E-state index in [0.29, 0.717) is 6.04 Å². The quantitative estimate of drug-likeness (QED) is 0.720. The first-order chi connectivity index (χ1) is 7.56. The lowest BCUT2D eigenvalue weighted by Crippen LogP contribution is -2.58. The normalized spacial score (nSPS) is 29.2.